The number of hydrogen-bond donors (Lipinski definition) is 0. The SMILES string of the molecule is c1ccc2c(-c3c4ccccc4c(-c4ccc5c(c4)sc4cc6ccsc6cc45)c4ccccc34)cccc2c1. The predicted molar refractivity (Wildman–Crippen MR) is 178 cm³/mol. The lowest BCUT2D eigenvalue weighted by molar-refractivity contribution is 1.69. The third-order valence-electron chi connectivity index (χ3n) is 8.33. The summed E-state index contributed by atoms with van der Waals surface area (Å²) in [7, 11) is 0. The molecule has 0 aliphatic carbocycles. The minimum Gasteiger partial charge on any atom is -0.144 e. The Bertz CT molecular complexity index is 2370. The third-order valence-corrected chi connectivity index (χ3v) is 10.3. The fourth-order valence-corrected chi connectivity index (χ4v) is 8.55. The molecular weight excluding hydrogens is 521 g/mol. The van der Waals surface area contributed by atoms with Crippen molar-refractivity contribution in [3.8, 4) is 22.3 Å². The molecule has 0 aliphatic rings. The van der Waals surface area contributed by atoms with Crippen LogP contribution in [0, 0.1) is 0 Å². The van der Waals surface area contributed by atoms with Crippen LogP contribution in [0.25, 0.3) is 84.8 Å². The summed E-state index contributed by atoms with van der Waals surface area (Å²) >= 11 is 3.73. The standard InChI is InChI=1S/C38H22S2/c1-2-10-26-23(8-1)9-7-15-28(26)38-31-13-5-3-11-29(31)37(30-12-4-6-14-32(30)38)25-16-17-27-33-22-34-24(18-19-39-34)20-36(33)40-35(27)21-25/h1-22H. The molecular formula is C38H22S2. The smallest absolute Gasteiger partial charge is 0.0362 e. The fourth-order valence-electron chi connectivity index (χ4n) is 6.56. The van der Waals surface area contributed by atoms with Crippen molar-refractivity contribution in [3.05, 3.63) is 133 Å². The zero-order valence-corrected chi connectivity index (χ0v) is 23.2. The van der Waals surface area contributed by atoms with Gasteiger partial charge in [-0.3, -0.25) is 0 Å². The number of benzene rings is 7. The zero-order valence-electron chi connectivity index (χ0n) is 21.5. The Hall–Kier alpha value is -4.50. The topological polar surface area (TPSA) is 0 Å². The summed E-state index contributed by atoms with van der Waals surface area (Å²) in [5, 5.41) is 14.0. The maximum absolute atomic E-state index is 2.42. The lowest BCUT2D eigenvalue weighted by atomic mass is 9.84. The Morgan fingerprint density at radius 1 is 0.375 bits per heavy atom. The quantitative estimate of drug-likeness (QED) is 0.191. The Morgan fingerprint density at radius 3 is 1.80 bits per heavy atom. The van der Waals surface area contributed by atoms with E-state index in [0.29, 0.717) is 0 Å². The van der Waals surface area contributed by atoms with Crippen LogP contribution in [0.15, 0.2) is 133 Å². The van der Waals surface area contributed by atoms with E-state index >= 15 is 0 Å². The number of rotatable bonds is 2. The van der Waals surface area contributed by atoms with E-state index in [9.17, 15) is 0 Å². The molecule has 0 saturated heterocycles. The summed E-state index contributed by atoms with van der Waals surface area (Å²) in [6.45, 7) is 0. The normalized spacial score (nSPS) is 12.0. The van der Waals surface area contributed by atoms with Crippen LogP contribution in [-0.2, 0) is 0 Å². The molecule has 2 heterocycles. The maximum Gasteiger partial charge on any atom is 0.0362 e. The molecule has 0 radical (unpaired) electrons. The van der Waals surface area contributed by atoms with Crippen molar-refractivity contribution in [3.63, 3.8) is 0 Å². The van der Waals surface area contributed by atoms with Gasteiger partial charge < -0.3 is 0 Å². The summed E-state index contributed by atoms with van der Waals surface area (Å²) in [6.07, 6.45) is 0. The largest absolute Gasteiger partial charge is 0.144 e. The summed E-state index contributed by atoms with van der Waals surface area (Å²) in [5.41, 5.74) is 5.19. The molecule has 40 heavy (non-hydrogen) atoms. The predicted octanol–water partition coefficient (Wildman–Crippen LogP) is 12.1. The first-order valence-electron chi connectivity index (χ1n) is 13.6. The summed E-state index contributed by atoms with van der Waals surface area (Å²) in [4.78, 5) is 0. The zero-order chi connectivity index (χ0) is 26.2. The highest BCUT2D eigenvalue weighted by atomic mass is 32.1. The molecule has 186 valence electrons. The maximum atomic E-state index is 2.42. The van der Waals surface area contributed by atoms with Gasteiger partial charge in [-0.2, -0.15) is 0 Å². The van der Waals surface area contributed by atoms with Crippen molar-refractivity contribution in [2.24, 2.45) is 0 Å². The van der Waals surface area contributed by atoms with Gasteiger partial charge in [-0.1, -0.05) is 103 Å². The van der Waals surface area contributed by atoms with Crippen LogP contribution in [0.1, 0.15) is 0 Å². The van der Waals surface area contributed by atoms with Crippen molar-refractivity contribution in [2.45, 2.75) is 0 Å². The van der Waals surface area contributed by atoms with E-state index in [-0.39, 0.29) is 0 Å². The van der Waals surface area contributed by atoms with E-state index in [1.165, 1.54) is 84.8 Å². The molecule has 7 aromatic carbocycles. The molecule has 0 amide bonds. The summed E-state index contributed by atoms with van der Waals surface area (Å²) in [5.74, 6) is 0. The molecule has 0 N–H and O–H groups in total. The average Bonchev–Trinajstić information content (AvgIpc) is 3.61. The Balaban J connectivity index is 1.38. The lowest BCUT2D eigenvalue weighted by Gasteiger charge is -2.18. The van der Waals surface area contributed by atoms with E-state index in [2.05, 4.69) is 133 Å². The number of fused-ring (bicyclic) bond motifs is 7. The van der Waals surface area contributed by atoms with Gasteiger partial charge in [0.25, 0.3) is 0 Å². The van der Waals surface area contributed by atoms with Gasteiger partial charge in [-0.05, 0) is 89.6 Å². The van der Waals surface area contributed by atoms with Crippen LogP contribution in [-0.4, -0.2) is 0 Å². The molecule has 9 aromatic rings. The minimum absolute atomic E-state index is 1.27. The fraction of sp³-hybridized carbons (Fsp3) is 0. The highest BCUT2D eigenvalue weighted by molar-refractivity contribution is 7.26. The molecule has 0 fully saturated rings. The van der Waals surface area contributed by atoms with Crippen LogP contribution in [0.5, 0.6) is 0 Å². The molecule has 0 nitrogen and oxygen atoms in total. The first kappa shape index (κ1) is 22.3. The van der Waals surface area contributed by atoms with Crippen LogP contribution < -0.4 is 0 Å². The van der Waals surface area contributed by atoms with Gasteiger partial charge in [0.05, 0.1) is 0 Å². The Kier molecular flexibility index (Phi) is 4.74. The number of hydrogen-bond acceptors (Lipinski definition) is 2. The molecule has 0 atom stereocenters. The first-order chi connectivity index (χ1) is 19.8. The van der Waals surface area contributed by atoms with Gasteiger partial charge >= 0.3 is 0 Å². The molecule has 9 rings (SSSR count). The molecule has 0 bridgehead atoms. The molecule has 0 unspecified atom stereocenters. The van der Waals surface area contributed by atoms with Gasteiger partial charge in [0.2, 0.25) is 0 Å². The van der Waals surface area contributed by atoms with E-state index < -0.39 is 0 Å². The van der Waals surface area contributed by atoms with Crippen LogP contribution in [0.2, 0.25) is 0 Å². The third kappa shape index (κ3) is 3.18. The molecule has 0 spiro atoms. The van der Waals surface area contributed by atoms with E-state index in [1.807, 2.05) is 22.7 Å². The Labute approximate surface area is 239 Å². The van der Waals surface area contributed by atoms with Gasteiger partial charge in [0.15, 0.2) is 0 Å². The van der Waals surface area contributed by atoms with E-state index in [4.69, 9.17) is 0 Å². The van der Waals surface area contributed by atoms with E-state index in [1.54, 1.807) is 0 Å². The molecule has 2 aromatic heterocycles. The summed E-state index contributed by atoms with van der Waals surface area (Å²) in [6, 6.07) is 47.4. The lowest BCUT2D eigenvalue weighted by Crippen LogP contribution is -1.91. The second-order valence-electron chi connectivity index (χ2n) is 10.5. The van der Waals surface area contributed by atoms with Crippen LogP contribution in [0.4, 0.5) is 0 Å². The van der Waals surface area contributed by atoms with Gasteiger partial charge in [0, 0.05) is 24.9 Å². The second-order valence-corrected chi connectivity index (χ2v) is 12.5. The highest BCUT2D eigenvalue weighted by Gasteiger charge is 2.18. The van der Waals surface area contributed by atoms with Crippen molar-refractivity contribution in [1.82, 2.24) is 0 Å². The van der Waals surface area contributed by atoms with E-state index in [0.717, 1.165) is 0 Å². The first-order valence-corrected chi connectivity index (χ1v) is 15.3. The van der Waals surface area contributed by atoms with Crippen LogP contribution in [0.3, 0.4) is 0 Å². The highest BCUT2D eigenvalue weighted by Crippen LogP contribution is 2.46. The minimum atomic E-state index is 1.27. The van der Waals surface area contributed by atoms with Crippen molar-refractivity contribution < 1.29 is 0 Å². The van der Waals surface area contributed by atoms with Gasteiger partial charge in [0.1, 0.15) is 0 Å². The second kappa shape index (κ2) is 8.50. The molecule has 0 saturated carbocycles. The molecule has 0 aliphatic heterocycles. The molecule has 2 heteroatoms. The van der Waals surface area contributed by atoms with Crippen molar-refractivity contribution in [2.75, 3.05) is 0 Å². The van der Waals surface area contributed by atoms with Crippen molar-refractivity contribution in [1.29, 1.82) is 0 Å². The monoisotopic (exact) mass is 542 g/mol. The van der Waals surface area contributed by atoms with Gasteiger partial charge in [-0.15, -0.1) is 22.7 Å². The average molecular weight is 543 g/mol. The van der Waals surface area contributed by atoms with Crippen molar-refractivity contribution >= 4 is 85.2 Å². The summed E-state index contributed by atoms with van der Waals surface area (Å²) < 4.78 is 4.06. The number of thiophene rings is 2. The van der Waals surface area contributed by atoms with Crippen LogP contribution >= 0.6 is 22.7 Å². The van der Waals surface area contributed by atoms with Gasteiger partial charge in [-0.25, -0.2) is 0 Å². The Morgan fingerprint density at radius 2 is 1.02 bits per heavy atom.